The van der Waals surface area contributed by atoms with E-state index in [9.17, 15) is 4.79 Å². The van der Waals surface area contributed by atoms with Crippen molar-refractivity contribution in [1.29, 1.82) is 0 Å². The Morgan fingerprint density at radius 3 is 2.96 bits per heavy atom. The van der Waals surface area contributed by atoms with E-state index >= 15 is 0 Å². The van der Waals surface area contributed by atoms with E-state index < -0.39 is 0 Å². The highest BCUT2D eigenvalue weighted by atomic mass is 16.6. The number of esters is 1. The number of ether oxygens (including phenoxy) is 3. The third-order valence-corrected chi connectivity index (χ3v) is 8.07. The van der Waals surface area contributed by atoms with E-state index in [-0.39, 0.29) is 41.0 Å². The van der Waals surface area contributed by atoms with Crippen LogP contribution in [0.2, 0.25) is 0 Å². The van der Waals surface area contributed by atoms with E-state index in [1.807, 2.05) is 18.2 Å². The first kappa shape index (κ1) is 18.4. The van der Waals surface area contributed by atoms with Gasteiger partial charge in [0.1, 0.15) is 17.5 Å². The van der Waals surface area contributed by atoms with Crippen molar-refractivity contribution >= 4 is 5.97 Å². The number of carbonyl (C=O) groups excluding carboxylic acids is 1. The number of benzene rings is 1. The largest absolute Gasteiger partial charge is 0.496 e. The van der Waals surface area contributed by atoms with Crippen LogP contribution in [0.15, 0.2) is 24.3 Å². The minimum Gasteiger partial charge on any atom is -0.496 e. The van der Waals surface area contributed by atoms with Crippen molar-refractivity contribution in [3.63, 3.8) is 0 Å². The summed E-state index contributed by atoms with van der Waals surface area (Å²) in [7, 11) is 1.69. The summed E-state index contributed by atoms with van der Waals surface area (Å²) in [6.45, 7) is 6.00. The van der Waals surface area contributed by atoms with Gasteiger partial charge in [0, 0.05) is 30.0 Å². The number of epoxide rings is 1. The van der Waals surface area contributed by atoms with Crippen LogP contribution in [0.25, 0.3) is 0 Å². The predicted molar refractivity (Wildman–Crippen MR) is 105 cm³/mol. The Morgan fingerprint density at radius 1 is 1.32 bits per heavy atom. The van der Waals surface area contributed by atoms with Crippen LogP contribution >= 0.6 is 0 Å². The van der Waals surface area contributed by atoms with Gasteiger partial charge in [-0.1, -0.05) is 38.5 Å². The molecule has 4 aliphatic rings. The second-order valence-electron chi connectivity index (χ2n) is 9.49. The van der Waals surface area contributed by atoms with Gasteiger partial charge in [-0.2, -0.15) is 0 Å². The van der Waals surface area contributed by atoms with E-state index in [4.69, 9.17) is 14.2 Å². The SMILES string of the molecule is COc1ccccc1CNC[C@@H]1C(=O)O[C@@H]2C[C@]3(C)CCC[C@@H](C)[C@]34O[C@H]4[C@@H]12. The molecule has 0 bridgehead atoms. The molecule has 2 aliphatic heterocycles. The van der Waals surface area contributed by atoms with Crippen LogP contribution in [-0.2, 0) is 20.8 Å². The highest BCUT2D eigenvalue weighted by Gasteiger charge is 2.78. The smallest absolute Gasteiger partial charge is 0.311 e. The average Bonchev–Trinajstić information content (AvgIpc) is 3.36. The number of rotatable bonds is 5. The normalized spacial score (nSPS) is 43.5. The van der Waals surface area contributed by atoms with Gasteiger partial charge in [-0.25, -0.2) is 0 Å². The summed E-state index contributed by atoms with van der Waals surface area (Å²) in [6.07, 6.45) is 4.82. The van der Waals surface area contributed by atoms with Crippen molar-refractivity contribution in [2.45, 2.75) is 63.9 Å². The standard InChI is InChI=1S/C23H31NO4/c1-14-7-6-10-22(2)11-18-19(20-23(14,22)28-20)16(21(25)27-18)13-24-12-15-8-4-5-9-17(15)26-3/h4-5,8-9,14,16,18-20,24H,6-7,10-13H2,1-3H3/t14-,16+,18-,19+,20+,22+,23-/m1/s1. The fraction of sp³-hybridized carbons (Fsp3) is 0.696. The van der Waals surface area contributed by atoms with Gasteiger partial charge in [0.05, 0.1) is 19.1 Å². The fourth-order valence-corrected chi connectivity index (χ4v) is 6.68. The second kappa shape index (κ2) is 6.46. The third-order valence-electron chi connectivity index (χ3n) is 8.07. The van der Waals surface area contributed by atoms with E-state index in [1.165, 1.54) is 19.3 Å². The first-order valence-electron chi connectivity index (χ1n) is 10.7. The molecule has 28 heavy (non-hydrogen) atoms. The van der Waals surface area contributed by atoms with Crippen molar-refractivity contribution in [2.75, 3.05) is 13.7 Å². The lowest BCUT2D eigenvalue weighted by atomic mass is 9.53. The van der Waals surface area contributed by atoms with Gasteiger partial charge in [-0.3, -0.25) is 4.79 Å². The maximum absolute atomic E-state index is 12.7. The monoisotopic (exact) mass is 385 g/mol. The first-order chi connectivity index (χ1) is 13.5. The molecule has 5 nitrogen and oxygen atoms in total. The summed E-state index contributed by atoms with van der Waals surface area (Å²) in [5.41, 5.74) is 1.22. The van der Waals surface area contributed by atoms with Crippen molar-refractivity contribution in [1.82, 2.24) is 5.32 Å². The first-order valence-corrected chi connectivity index (χ1v) is 10.7. The molecule has 0 amide bonds. The summed E-state index contributed by atoms with van der Waals surface area (Å²) in [6, 6.07) is 7.99. The zero-order valence-electron chi connectivity index (χ0n) is 17.1. The topological polar surface area (TPSA) is 60.1 Å². The molecule has 7 atom stereocenters. The maximum atomic E-state index is 12.7. The zero-order chi connectivity index (χ0) is 19.5. The lowest BCUT2D eigenvalue weighted by molar-refractivity contribution is -0.146. The van der Waals surface area contributed by atoms with Crippen LogP contribution in [0.1, 0.15) is 45.1 Å². The minimum atomic E-state index is -0.122. The predicted octanol–water partition coefficient (Wildman–Crippen LogP) is 3.31. The van der Waals surface area contributed by atoms with Gasteiger partial charge in [0.15, 0.2) is 0 Å². The molecule has 2 saturated heterocycles. The van der Waals surface area contributed by atoms with Crippen molar-refractivity contribution in [3.05, 3.63) is 29.8 Å². The molecular weight excluding hydrogens is 354 g/mol. The van der Waals surface area contributed by atoms with Crippen LogP contribution in [0.5, 0.6) is 5.75 Å². The lowest BCUT2D eigenvalue weighted by Crippen LogP contribution is -2.54. The third kappa shape index (κ3) is 2.48. The van der Waals surface area contributed by atoms with Gasteiger partial charge in [0.2, 0.25) is 0 Å². The summed E-state index contributed by atoms with van der Waals surface area (Å²) in [5.74, 6) is 1.45. The Labute approximate surface area is 167 Å². The molecule has 0 aromatic heterocycles. The molecule has 1 aromatic rings. The number of carbonyl (C=O) groups is 1. The Balaban J connectivity index is 1.30. The van der Waals surface area contributed by atoms with Crippen LogP contribution in [0.4, 0.5) is 0 Å². The molecule has 2 saturated carbocycles. The van der Waals surface area contributed by atoms with E-state index in [1.54, 1.807) is 7.11 Å². The molecule has 1 aromatic carbocycles. The summed E-state index contributed by atoms with van der Waals surface area (Å²) < 4.78 is 17.8. The van der Waals surface area contributed by atoms with Crippen LogP contribution in [0, 0.1) is 23.2 Å². The molecule has 152 valence electrons. The average molecular weight is 386 g/mol. The Bertz CT molecular complexity index is 782. The van der Waals surface area contributed by atoms with Gasteiger partial charge >= 0.3 is 5.97 Å². The van der Waals surface area contributed by atoms with E-state index in [0.717, 1.165) is 17.7 Å². The molecule has 1 N–H and O–H groups in total. The molecule has 5 rings (SSSR count). The molecule has 2 aliphatic carbocycles. The zero-order valence-corrected chi connectivity index (χ0v) is 17.1. The molecule has 1 spiro atoms. The van der Waals surface area contributed by atoms with E-state index in [2.05, 4.69) is 25.2 Å². The Kier molecular flexibility index (Phi) is 4.25. The number of para-hydroxylation sites is 1. The maximum Gasteiger partial charge on any atom is 0.311 e. The lowest BCUT2D eigenvalue weighted by Gasteiger charge is -2.48. The second-order valence-corrected chi connectivity index (χ2v) is 9.49. The summed E-state index contributed by atoms with van der Waals surface area (Å²) >= 11 is 0. The van der Waals surface area contributed by atoms with E-state index in [0.29, 0.717) is 19.0 Å². The minimum absolute atomic E-state index is 0.0153. The van der Waals surface area contributed by atoms with Crippen LogP contribution < -0.4 is 10.1 Å². The fourth-order valence-electron chi connectivity index (χ4n) is 6.68. The summed E-state index contributed by atoms with van der Waals surface area (Å²) in [4.78, 5) is 12.7. The molecular formula is C23H31NO4. The summed E-state index contributed by atoms with van der Waals surface area (Å²) in [5, 5.41) is 3.47. The Hall–Kier alpha value is -1.59. The molecule has 0 radical (unpaired) electrons. The van der Waals surface area contributed by atoms with Gasteiger partial charge in [-0.15, -0.1) is 0 Å². The van der Waals surface area contributed by atoms with Crippen molar-refractivity contribution < 1.29 is 19.0 Å². The number of hydrogen-bond donors (Lipinski definition) is 1. The molecule has 2 heterocycles. The van der Waals surface area contributed by atoms with Crippen molar-refractivity contribution in [3.8, 4) is 5.75 Å². The number of nitrogens with one attached hydrogen (secondary N) is 1. The van der Waals surface area contributed by atoms with Gasteiger partial charge in [0.25, 0.3) is 0 Å². The molecule has 4 fully saturated rings. The number of fused-ring (bicyclic) bond motifs is 2. The molecule has 0 unspecified atom stereocenters. The quantitative estimate of drug-likeness (QED) is 0.622. The number of hydrogen-bond acceptors (Lipinski definition) is 5. The van der Waals surface area contributed by atoms with Crippen LogP contribution in [0.3, 0.4) is 0 Å². The van der Waals surface area contributed by atoms with Gasteiger partial charge in [-0.05, 0) is 31.2 Å². The number of methoxy groups -OCH3 is 1. The van der Waals surface area contributed by atoms with Crippen LogP contribution in [-0.4, -0.2) is 37.4 Å². The van der Waals surface area contributed by atoms with Gasteiger partial charge < -0.3 is 19.5 Å². The molecule has 5 heteroatoms. The highest BCUT2D eigenvalue weighted by molar-refractivity contribution is 5.76. The highest BCUT2D eigenvalue weighted by Crippen LogP contribution is 2.70. The Morgan fingerprint density at radius 2 is 2.14 bits per heavy atom. The van der Waals surface area contributed by atoms with Crippen molar-refractivity contribution in [2.24, 2.45) is 23.2 Å².